The smallest absolute Gasteiger partial charge is 0.370 e. The molecular formula is C13H17BrF3N3O. The first-order valence-electron chi connectivity index (χ1n) is 6.58. The highest BCUT2D eigenvalue weighted by Crippen LogP contribution is 2.22. The lowest BCUT2D eigenvalue weighted by Gasteiger charge is -2.11. The molecule has 1 aromatic rings. The van der Waals surface area contributed by atoms with Crippen LogP contribution in [0.1, 0.15) is 36.5 Å². The second kappa shape index (κ2) is 8.21. The molecule has 0 aliphatic rings. The van der Waals surface area contributed by atoms with E-state index in [0.29, 0.717) is 22.4 Å². The molecule has 0 aliphatic carbocycles. The van der Waals surface area contributed by atoms with Crippen LogP contribution in [-0.2, 0) is 0 Å². The molecule has 8 heteroatoms. The monoisotopic (exact) mass is 367 g/mol. The van der Waals surface area contributed by atoms with Gasteiger partial charge in [-0.1, -0.05) is 0 Å². The molecule has 118 valence electrons. The van der Waals surface area contributed by atoms with Crippen LogP contribution in [0.4, 0.5) is 19.0 Å². The number of anilines is 1. The van der Waals surface area contributed by atoms with Gasteiger partial charge in [-0.15, -0.1) is 0 Å². The van der Waals surface area contributed by atoms with E-state index in [2.05, 4.69) is 31.5 Å². The lowest BCUT2D eigenvalue weighted by atomic mass is 10.2. The van der Waals surface area contributed by atoms with Crippen molar-refractivity contribution in [3.8, 4) is 0 Å². The fraction of sp³-hybridized carbons (Fsp3) is 0.538. The molecule has 0 atom stereocenters. The molecule has 4 nitrogen and oxygen atoms in total. The summed E-state index contributed by atoms with van der Waals surface area (Å²) < 4.78 is 36.6. The number of amides is 1. The minimum absolute atomic E-state index is 0.000577. The lowest BCUT2D eigenvalue weighted by Crippen LogP contribution is -2.26. The summed E-state index contributed by atoms with van der Waals surface area (Å²) in [5.41, 5.74) is 0.363. The minimum Gasteiger partial charge on any atom is -0.370 e. The first kappa shape index (κ1) is 17.7. The van der Waals surface area contributed by atoms with E-state index in [1.807, 2.05) is 6.92 Å². The maximum Gasteiger partial charge on any atom is 0.389 e. The maximum absolute atomic E-state index is 12.0. The Labute approximate surface area is 129 Å². The number of pyridine rings is 1. The largest absolute Gasteiger partial charge is 0.389 e. The molecule has 0 saturated heterocycles. The van der Waals surface area contributed by atoms with E-state index in [1.165, 1.54) is 0 Å². The first-order chi connectivity index (χ1) is 9.83. The summed E-state index contributed by atoms with van der Waals surface area (Å²) in [6.07, 6.45) is -3.12. The number of carbonyl (C=O) groups is 1. The van der Waals surface area contributed by atoms with Crippen molar-refractivity contribution >= 4 is 27.7 Å². The molecule has 0 aliphatic heterocycles. The molecule has 1 amide bonds. The molecule has 0 radical (unpaired) electrons. The molecule has 2 N–H and O–H groups in total. The Morgan fingerprint density at radius 1 is 1.38 bits per heavy atom. The second-order valence-electron chi connectivity index (χ2n) is 4.41. The van der Waals surface area contributed by atoms with Gasteiger partial charge in [-0.25, -0.2) is 4.98 Å². The maximum atomic E-state index is 12.0. The fourth-order valence-corrected chi connectivity index (χ4v) is 2.00. The van der Waals surface area contributed by atoms with Gasteiger partial charge < -0.3 is 10.6 Å². The van der Waals surface area contributed by atoms with Crippen LogP contribution in [0.25, 0.3) is 0 Å². The summed E-state index contributed by atoms with van der Waals surface area (Å²) in [5, 5.41) is 5.57. The van der Waals surface area contributed by atoms with Crippen molar-refractivity contribution in [2.45, 2.75) is 32.4 Å². The van der Waals surface area contributed by atoms with E-state index in [-0.39, 0.29) is 25.3 Å². The molecule has 0 spiro atoms. The third-order valence-corrected chi connectivity index (χ3v) is 3.05. The molecule has 1 aromatic heterocycles. The molecular weight excluding hydrogens is 351 g/mol. The van der Waals surface area contributed by atoms with Crippen molar-refractivity contribution in [1.82, 2.24) is 10.3 Å². The zero-order chi connectivity index (χ0) is 15.9. The van der Waals surface area contributed by atoms with Crippen LogP contribution < -0.4 is 10.6 Å². The molecule has 21 heavy (non-hydrogen) atoms. The molecule has 0 bridgehead atoms. The zero-order valence-corrected chi connectivity index (χ0v) is 13.1. The molecule has 1 rings (SSSR count). The molecule has 0 saturated carbocycles. The Balaban J connectivity index is 2.50. The number of carbonyl (C=O) groups excluding carboxylic acids is 1. The third kappa shape index (κ3) is 6.79. The number of hydrogen-bond donors (Lipinski definition) is 2. The van der Waals surface area contributed by atoms with Crippen LogP contribution in [0.15, 0.2) is 16.7 Å². The van der Waals surface area contributed by atoms with Crippen molar-refractivity contribution in [3.05, 3.63) is 22.3 Å². The number of halogens is 4. The first-order valence-corrected chi connectivity index (χ1v) is 7.37. The Morgan fingerprint density at radius 3 is 2.71 bits per heavy atom. The van der Waals surface area contributed by atoms with Crippen molar-refractivity contribution in [2.24, 2.45) is 0 Å². The van der Waals surface area contributed by atoms with Crippen LogP contribution in [0.2, 0.25) is 0 Å². The lowest BCUT2D eigenvalue weighted by molar-refractivity contribution is -0.135. The van der Waals surface area contributed by atoms with E-state index >= 15 is 0 Å². The molecule has 0 aromatic carbocycles. The van der Waals surface area contributed by atoms with Gasteiger partial charge in [0.1, 0.15) is 5.82 Å². The van der Waals surface area contributed by atoms with Crippen molar-refractivity contribution in [1.29, 1.82) is 0 Å². The summed E-state index contributed by atoms with van der Waals surface area (Å²) in [5.74, 6) is 0.0975. The van der Waals surface area contributed by atoms with Crippen LogP contribution in [-0.4, -0.2) is 30.2 Å². The van der Waals surface area contributed by atoms with Crippen LogP contribution in [0.3, 0.4) is 0 Å². The van der Waals surface area contributed by atoms with Gasteiger partial charge in [0.2, 0.25) is 0 Å². The number of nitrogens with zero attached hydrogens (tertiary/aromatic N) is 1. The van der Waals surface area contributed by atoms with Gasteiger partial charge in [0.25, 0.3) is 5.91 Å². The average Bonchev–Trinajstić information content (AvgIpc) is 2.39. The van der Waals surface area contributed by atoms with Crippen molar-refractivity contribution in [2.75, 3.05) is 18.4 Å². The van der Waals surface area contributed by atoms with E-state index < -0.39 is 12.6 Å². The second-order valence-corrected chi connectivity index (χ2v) is 5.32. The summed E-state index contributed by atoms with van der Waals surface area (Å²) >= 11 is 3.24. The molecule has 0 fully saturated rings. The molecule has 0 unspecified atom stereocenters. The predicted molar refractivity (Wildman–Crippen MR) is 78.3 cm³/mol. The summed E-state index contributed by atoms with van der Waals surface area (Å²) in [6, 6.07) is 1.62. The van der Waals surface area contributed by atoms with Gasteiger partial charge in [-0.05, 0) is 41.8 Å². The Hall–Kier alpha value is -1.31. The van der Waals surface area contributed by atoms with Crippen molar-refractivity contribution < 1.29 is 18.0 Å². The highest BCUT2D eigenvalue weighted by molar-refractivity contribution is 9.10. The van der Waals surface area contributed by atoms with Gasteiger partial charge in [-0.3, -0.25) is 4.79 Å². The summed E-state index contributed by atoms with van der Waals surface area (Å²) in [7, 11) is 0. The van der Waals surface area contributed by atoms with Gasteiger partial charge in [0, 0.05) is 30.2 Å². The number of aromatic nitrogens is 1. The van der Waals surface area contributed by atoms with E-state index in [9.17, 15) is 18.0 Å². The zero-order valence-electron chi connectivity index (χ0n) is 11.6. The van der Waals surface area contributed by atoms with E-state index in [4.69, 9.17) is 0 Å². The van der Waals surface area contributed by atoms with E-state index in [1.54, 1.807) is 12.3 Å². The van der Waals surface area contributed by atoms with Crippen LogP contribution in [0, 0.1) is 0 Å². The summed E-state index contributed by atoms with van der Waals surface area (Å²) in [4.78, 5) is 16.1. The van der Waals surface area contributed by atoms with Crippen LogP contribution in [0.5, 0.6) is 0 Å². The third-order valence-electron chi connectivity index (χ3n) is 2.62. The number of nitrogens with one attached hydrogen (secondary N) is 2. The Morgan fingerprint density at radius 2 is 2.10 bits per heavy atom. The normalized spacial score (nSPS) is 11.3. The Bertz CT molecular complexity index is 480. The number of rotatable bonds is 7. The fourth-order valence-electron chi connectivity index (χ4n) is 1.67. The van der Waals surface area contributed by atoms with E-state index in [0.717, 1.165) is 0 Å². The van der Waals surface area contributed by atoms with Gasteiger partial charge >= 0.3 is 6.18 Å². The minimum atomic E-state index is -4.14. The summed E-state index contributed by atoms with van der Waals surface area (Å²) in [6.45, 7) is 2.69. The molecule has 1 heterocycles. The Kier molecular flexibility index (Phi) is 6.94. The van der Waals surface area contributed by atoms with Crippen molar-refractivity contribution in [3.63, 3.8) is 0 Å². The van der Waals surface area contributed by atoms with Gasteiger partial charge in [0.05, 0.1) is 5.56 Å². The quantitative estimate of drug-likeness (QED) is 0.721. The predicted octanol–water partition coefficient (Wildman–Crippen LogP) is 3.74. The SMILES string of the molecule is CCNc1ncc(Br)cc1C(=O)NCCCCC(F)(F)F. The van der Waals surface area contributed by atoms with Crippen LogP contribution >= 0.6 is 15.9 Å². The highest BCUT2D eigenvalue weighted by Gasteiger charge is 2.25. The average molecular weight is 368 g/mol. The standard InChI is InChI=1S/C13H17BrF3N3O/c1-2-18-11-10(7-9(14)8-20-11)12(21)19-6-4-3-5-13(15,16)17/h7-8H,2-6H2,1H3,(H,18,20)(H,19,21). The van der Waals surface area contributed by atoms with Gasteiger partial charge in [0.15, 0.2) is 0 Å². The number of unbranched alkanes of at least 4 members (excludes halogenated alkanes) is 1. The highest BCUT2D eigenvalue weighted by atomic mass is 79.9. The topological polar surface area (TPSA) is 54.0 Å². The number of alkyl halides is 3. The van der Waals surface area contributed by atoms with Gasteiger partial charge in [-0.2, -0.15) is 13.2 Å². The number of hydrogen-bond acceptors (Lipinski definition) is 3.